The van der Waals surface area contributed by atoms with Gasteiger partial charge in [-0.25, -0.2) is 4.98 Å². The standard InChI is InChI=1S/C8H10N2OS/c1-5-3-7(11)10-6(2)4-12-8(10)9-5/h3,6H,4H2,1-2H3. The molecular formula is C8H10N2OS. The molecule has 2 rings (SSSR count). The Morgan fingerprint density at radius 1 is 1.75 bits per heavy atom. The molecule has 2 heterocycles. The lowest BCUT2D eigenvalue weighted by molar-refractivity contribution is 0.540. The molecule has 0 bridgehead atoms. The molecule has 0 fully saturated rings. The molecule has 0 spiro atoms. The fraction of sp³-hybridized carbons (Fsp3) is 0.500. The van der Waals surface area contributed by atoms with E-state index >= 15 is 0 Å². The molecule has 0 N–H and O–H groups in total. The van der Waals surface area contributed by atoms with Crippen LogP contribution in [0.4, 0.5) is 0 Å². The van der Waals surface area contributed by atoms with Crippen LogP contribution < -0.4 is 5.56 Å². The predicted molar refractivity (Wildman–Crippen MR) is 48.7 cm³/mol. The quantitative estimate of drug-likeness (QED) is 0.566. The maximum atomic E-state index is 11.5. The van der Waals surface area contributed by atoms with Crippen molar-refractivity contribution in [1.82, 2.24) is 9.55 Å². The van der Waals surface area contributed by atoms with Gasteiger partial charge in [-0.2, -0.15) is 0 Å². The van der Waals surface area contributed by atoms with Crippen LogP contribution in [0.25, 0.3) is 0 Å². The molecule has 1 aliphatic rings. The van der Waals surface area contributed by atoms with E-state index in [1.807, 2.05) is 13.8 Å². The topological polar surface area (TPSA) is 34.9 Å². The van der Waals surface area contributed by atoms with E-state index in [1.54, 1.807) is 22.4 Å². The number of hydrogen-bond donors (Lipinski definition) is 0. The van der Waals surface area contributed by atoms with Crippen LogP contribution >= 0.6 is 11.8 Å². The summed E-state index contributed by atoms with van der Waals surface area (Å²) in [5, 5.41) is 0.868. The molecule has 0 aromatic carbocycles. The molecule has 3 nitrogen and oxygen atoms in total. The van der Waals surface area contributed by atoms with Crippen molar-refractivity contribution in [2.45, 2.75) is 25.0 Å². The third-order valence-electron chi connectivity index (χ3n) is 1.94. The highest BCUT2D eigenvalue weighted by Crippen LogP contribution is 2.28. The Labute approximate surface area is 74.8 Å². The Morgan fingerprint density at radius 3 is 3.25 bits per heavy atom. The van der Waals surface area contributed by atoms with Gasteiger partial charge in [0, 0.05) is 23.6 Å². The zero-order valence-electron chi connectivity index (χ0n) is 7.07. The molecular weight excluding hydrogens is 172 g/mol. The molecule has 0 radical (unpaired) electrons. The third-order valence-corrected chi connectivity index (χ3v) is 3.14. The van der Waals surface area contributed by atoms with Crippen molar-refractivity contribution >= 4 is 11.8 Å². The Kier molecular flexibility index (Phi) is 1.72. The van der Waals surface area contributed by atoms with Gasteiger partial charge in [0.1, 0.15) is 0 Å². The summed E-state index contributed by atoms with van der Waals surface area (Å²) in [7, 11) is 0. The highest BCUT2D eigenvalue weighted by Gasteiger charge is 2.20. The summed E-state index contributed by atoms with van der Waals surface area (Å²) in [4.78, 5) is 15.7. The van der Waals surface area contributed by atoms with E-state index in [0.717, 1.165) is 16.6 Å². The largest absolute Gasteiger partial charge is 0.284 e. The smallest absolute Gasteiger partial charge is 0.254 e. The second-order valence-corrected chi connectivity index (χ2v) is 4.04. The van der Waals surface area contributed by atoms with E-state index in [4.69, 9.17) is 0 Å². The normalized spacial score (nSPS) is 21.0. The average molecular weight is 182 g/mol. The van der Waals surface area contributed by atoms with Gasteiger partial charge in [-0.05, 0) is 13.8 Å². The fourth-order valence-electron chi connectivity index (χ4n) is 1.36. The van der Waals surface area contributed by atoms with Crippen LogP contribution in [-0.2, 0) is 0 Å². The van der Waals surface area contributed by atoms with Crippen molar-refractivity contribution in [3.05, 3.63) is 22.1 Å². The third kappa shape index (κ3) is 1.06. The van der Waals surface area contributed by atoms with Crippen molar-refractivity contribution in [3.8, 4) is 0 Å². The molecule has 12 heavy (non-hydrogen) atoms. The van der Waals surface area contributed by atoms with E-state index in [0.29, 0.717) is 6.04 Å². The summed E-state index contributed by atoms with van der Waals surface area (Å²) in [6.07, 6.45) is 0. The minimum Gasteiger partial charge on any atom is -0.284 e. The number of rotatable bonds is 0. The zero-order valence-corrected chi connectivity index (χ0v) is 7.89. The van der Waals surface area contributed by atoms with E-state index in [2.05, 4.69) is 4.98 Å². The van der Waals surface area contributed by atoms with Gasteiger partial charge in [-0.1, -0.05) is 11.8 Å². The summed E-state index contributed by atoms with van der Waals surface area (Å²) < 4.78 is 1.76. The van der Waals surface area contributed by atoms with E-state index in [-0.39, 0.29) is 5.56 Å². The number of nitrogens with zero attached hydrogens (tertiary/aromatic N) is 2. The maximum absolute atomic E-state index is 11.5. The molecule has 4 heteroatoms. The molecule has 1 aromatic heterocycles. The average Bonchev–Trinajstić information content (AvgIpc) is 2.31. The van der Waals surface area contributed by atoms with E-state index < -0.39 is 0 Å². The summed E-state index contributed by atoms with van der Waals surface area (Å²) in [5.41, 5.74) is 0.892. The van der Waals surface area contributed by atoms with Crippen molar-refractivity contribution < 1.29 is 0 Å². The first-order valence-corrected chi connectivity index (χ1v) is 4.90. The molecule has 0 saturated heterocycles. The number of aryl methyl sites for hydroxylation is 1. The zero-order chi connectivity index (χ0) is 8.72. The predicted octanol–water partition coefficient (Wildman–Crippen LogP) is 1.22. The molecule has 0 amide bonds. The molecule has 1 unspecified atom stereocenters. The van der Waals surface area contributed by atoms with Crippen LogP contribution in [0, 0.1) is 6.92 Å². The van der Waals surface area contributed by atoms with Gasteiger partial charge in [0.2, 0.25) is 0 Å². The van der Waals surface area contributed by atoms with Crippen LogP contribution in [-0.4, -0.2) is 15.3 Å². The summed E-state index contributed by atoms with van der Waals surface area (Å²) >= 11 is 1.66. The summed E-state index contributed by atoms with van der Waals surface area (Å²) in [6, 6.07) is 1.89. The summed E-state index contributed by atoms with van der Waals surface area (Å²) in [6.45, 7) is 3.90. The number of hydrogen-bond acceptors (Lipinski definition) is 3. The lowest BCUT2D eigenvalue weighted by Crippen LogP contribution is -2.22. The van der Waals surface area contributed by atoms with Gasteiger partial charge < -0.3 is 0 Å². The number of fused-ring (bicyclic) bond motifs is 1. The second-order valence-electron chi connectivity index (χ2n) is 3.05. The van der Waals surface area contributed by atoms with Gasteiger partial charge in [0.15, 0.2) is 5.16 Å². The highest BCUT2D eigenvalue weighted by molar-refractivity contribution is 7.99. The highest BCUT2D eigenvalue weighted by atomic mass is 32.2. The van der Waals surface area contributed by atoms with Crippen molar-refractivity contribution in [3.63, 3.8) is 0 Å². The molecule has 0 aliphatic carbocycles. The Balaban J connectivity index is 2.69. The van der Waals surface area contributed by atoms with Crippen LogP contribution in [0.5, 0.6) is 0 Å². The van der Waals surface area contributed by atoms with Crippen molar-refractivity contribution in [2.24, 2.45) is 0 Å². The molecule has 1 atom stereocenters. The first-order chi connectivity index (χ1) is 5.68. The van der Waals surface area contributed by atoms with Gasteiger partial charge >= 0.3 is 0 Å². The Morgan fingerprint density at radius 2 is 2.50 bits per heavy atom. The van der Waals surface area contributed by atoms with Crippen LogP contribution in [0.3, 0.4) is 0 Å². The second kappa shape index (κ2) is 2.62. The Bertz CT molecular complexity index is 372. The van der Waals surface area contributed by atoms with E-state index in [9.17, 15) is 4.79 Å². The monoisotopic (exact) mass is 182 g/mol. The summed E-state index contributed by atoms with van der Waals surface area (Å²) in [5.74, 6) is 0.964. The first kappa shape index (κ1) is 7.86. The van der Waals surface area contributed by atoms with Crippen LogP contribution in [0.2, 0.25) is 0 Å². The first-order valence-electron chi connectivity index (χ1n) is 3.91. The van der Waals surface area contributed by atoms with Gasteiger partial charge in [-0.3, -0.25) is 9.36 Å². The van der Waals surface area contributed by atoms with Gasteiger partial charge in [0.25, 0.3) is 5.56 Å². The van der Waals surface area contributed by atoms with Crippen LogP contribution in [0.15, 0.2) is 16.0 Å². The van der Waals surface area contributed by atoms with Crippen molar-refractivity contribution in [2.75, 3.05) is 5.75 Å². The van der Waals surface area contributed by atoms with Gasteiger partial charge in [0.05, 0.1) is 0 Å². The molecule has 0 saturated carbocycles. The lowest BCUT2D eigenvalue weighted by atomic mass is 10.3. The van der Waals surface area contributed by atoms with Crippen molar-refractivity contribution in [1.29, 1.82) is 0 Å². The lowest BCUT2D eigenvalue weighted by Gasteiger charge is -2.05. The van der Waals surface area contributed by atoms with E-state index in [1.165, 1.54) is 0 Å². The fourth-order valence-corrected chi connectivity index (χ4v) is 2.51. The minimum atomic E-state index is 0.0787. The van der Waals surface area contributed by atoms with Gasteiger partial charge in [-0.15, -0.1) is 0 Å². The van der Waals surface area contributed by atoms with Crippen LogP contribution in [0.1, 0.15) is 18.7 Å². The molecule has 1 aliphatic heterocycles. The molecule has 64 valence electrons. The maximum Gasteiger partial charge on any atom is 0.254 e. The molecule has 1 aromatic rings. The minimum absolute atomic E-state index is 0.0787. The Hall–Kier alpha value is -0.770. The number of aromatic nitrogens is 2. The SMILES string of the molecule is Cc1cc(=O)n2c(n1)SCC2C. The number of thioether (sulfide) groups is 1.